The van der Waals surface area contributed by atoms with Crippen molar-refractivity contribution in [1.82, 2.24) is 0 Å². The van der Waals surface area contributed by atoms with Crippen molar-refractivity contribution in [3.05, 3.63) is 62.5 Å². The van der Waals surface area contributed by atoms with Crippen LogP contribution < -0.4 is 5.32 Å². The van der Waals surface area contributed by atoms with Crippen molar-refractivity contribution in [1.29, 1.82) is 0 Å². The molecule has 0 aliphatic heterocycles. The predicted octanol–water partition coefficient (Wildman–Crippen LogP) is 4.16. The number of halogens is 2. The molecule has 1 amide bonds. The molecular formula is C14H9Br2NO3. The first-order chi connectivity index (χ1) is 9.49. The van der Waals surface area contributed by atoms with E-state index in [-0.39, 0.29) is 11.1 Å². The van der Waals surface area contributed by atoms with Crippen LogP contribution in [0.5, 0.6) is 0 Å². The quantitative estimate of drug-likeness (QED) is 0.815. The van der Waals surface area contributed by atoms with Gasteiger partial charge in [-0.25, -0.2) is 4.79 Å². The van der Waals surface area contributed by atoms with Gasteiger partial charge < -0.3 is 10.4 Å². The summed E-state index contributed by atoms with van der Waals surface area (Å²) >= 11 is 6.67. The van der Waals surface area contributed by atoms with E-state index in [1.165, 1.54) is 12.1 Å². The molecule has 0 unspecified atom stereocenters. The van der Waals surface area contributed by atoms with Gasteiger partial charge in [0.25, 0.3) is 5.91 Å². The molecule has 0 heterocycles. The Hall–Kier alpha value is -1.66. The predicted molar refractivity (Wildman–Crippen MR) is 83.2 cm³/mol. The van der Waals surface area contributed by atoms with Crippen LogP contribution in [-0.2, 0) is 0 Å². The van der Waals surface area contributed by atoms with Crippen LogP contribution in [-0.4, -0.2) is 17.0 Å². The molecule has 20 heavy (non-hydrogen) atoms. The van der Waals surface area contributed by atoms with Crippen molar-refractivity contribution >= 4 is 49.4 Å². The summed E-state index contributed by atoms with van der Waals surface area (Å²) in [5.41, 5.74) is 0.672. The molecule has 6 heteroatoms. The first-order valence-electron chi connectivity index (χ1n) is 5.58. The van der Waals surface area contributed by atoms with E-state index in [1.807, 2.05) is 0 Å². The summed E-state index contributed by atoms with van der Waals surface area (Å²) in [6.45, 7) is 0. The lowest BCUT2D eigenvalue weighted by Gasteiger charge is -2.08. The number of benzene rings is 2. The van der Waals surface area contributed by atoms with Crippen LogP contribution in [0, 0.1) is 0 Å². The first kappa shape index (κ1) is 14.7. The van der Waals surface area contributed by atoms with Gasteiger partial charge in [0.15, 0.2) is 0 Å². The Morgan fingerprint density at radius 1 is 0.950 bits per heavy atom. The highest BCUT2D eigenvalue weighted by Gasteiger charge is 2.15. The van der Waals surface area contributed by atoms with Crippen molar-refractivity contribution in [3.63, 3.8) is 0 Å². The number of rotatable bonds is 3. The lowest BCUT2D eigenvalue weighted by molar-refractivity contribution is 0.0692. The maximum absolute atomic E-state index is 12.1. The normalized spacial score (nSPS) is 10.1. The largest absolute Gasteiger partial charge is 0.478 e. The number of amides is 1. The second-order valence-corrected chi connectivity index (χ2v) is 5.64. The van der Waals surface area contributed by atoms with Gasteiger partial charge in [0.1, 0.15) is 0 Å². The number of anilines is 1. The zero-order valence-electron chi connectivity index (χ0n) is 10.1. The molecule has 0 aromatic heterocycles. The summed E-state index contributed by atoms with van der Waals surface area (Å²) in [6, 6.07) is 11.3. The Morgan fingerprint density at radius 3 is 2.20 bits per heavy atom. The fourth-order valence-electron chi connectivity index (χ4n) is 1.64. The Balaban J connectivity index is 2.28. The van der Waals surface area contributed by atoms with Crippen molar-refractivity contribution in [3.8, 4) is 0 Å². The Labute approximate surface area is 132 Å². The SMILES string of the molecule is O=C(O)c1ccccc1C(=O)Nc1ccc(Br)c(Br)c1. The third-order valence-corrected chi connectivity index (χ3v) is 4.46. The van der Waals surface area contributed by atoms with Crippen LogP contribution >= 0.6 is 31.9 Å². The molecule has 2 aromatic carbocycles. The minimum Gasteiger partial charge on any atom is -0.478 e. The van der Waals surface area contributed by atoms with Gasteiger partial charge >= 0.3 is 5.97 Å². The number of carboxylic acids is 1. The van der Waals surface area contributed by atoms with E-state index in [4.69, 9.17) is 5.11 Å². The van der Waals surface area contributed by atoms with Gasteiger partial charge in [-0.1, -0.05) is 12.1 Å². The second kappa shape index (κ2) is 6.19. The molecule has 0 fully saturated rings. The summed E-state index contributed by atoms with van der Waals surface area (Å²) in [5.74, 6) is -1.59. The van der Waals surface area contributed by atoms with Gasteiger partial charge in [-0.15, -0.1) is 0 Å². The number of carbonyl (C=O) groups excluding carboxylic acids is 1. The molecule has 0 aliphatic carbocycles. The van der Waals surface area contributed by atoms with E-state index < -0.39 is 11.9 Å². The number of hydrogen-bond acceptors (Lipinski definition) is 2. The molecule has 0 bridgehead atoms. The topological polar surface area (TPSA) is 66.4 Å². The molecule has 0 spiro atoms. The summed E-state index contributed by atoms with van der Waals surface area (Å²) in [4.78, 5) is 23.2. The van der Waals surface area contributed by atoms with Crippen molar-refractivity contribution in [2.75, 3.05) is 5.32 Å². The van der Waals surface area contributed by atoms with Crippen molar-refractivity contribution in [2.24, 2.45) is 0 Å². The molecule has 2 aromatic rings. The summed E-state index contributed by atoms with van der Waals surface area (Å²) < 4.78 is 1.66. The van der Waals surface area contributed by atoms with Crippen LogP contribution in [0.2, 0.25) is 0 Å². The highest BCUT2D eigenvalue weighted by Crippen LogP contribution is 2.26. The minimum absolute atomic E-state index is 0.0267. The number of aromatic carboxylic acids is 1. The molecule has 0 aliphatic rings. The molecule has 4 nitrogen and oxygen atoms in total. The Bertz CT molecular complexity index is 686. The van der Waals surface area contributed by atoms with Gasteiger partial charge in [-0.05, 0) is 62.2 Å². The smallest absolute Gasteiger partial charge is 0.336 e. The lowest BCUT2D eigenvalue weighted by Crippen LogP contribution is -2.16. The standard InChI is InChI=1S/C14H9Br2NO3/c15-11-6-5-8(7-12(11)16)17-13(18)9-3-1-2-4-10(9)14(19)20/h1-7H,(H,17,18)(H,19,20). The molecule has 2 N–H and O–H groups in total. The molecule has 0 saturated heterocycles. The Morgan fingerprint density at radius 2 is 1.60 bits per heavy atom. The van der Waals surface area contributed by atoms with E-state index in [0.717, 1.165) is 8.95 Å². The van der Waals surface area contributed by atoms with Gasteiger partial charge in [0.2, 0.25) is 0 Å². The zero-order valence-corrected chi connectivity index (χ0v) is 13.2. The fourth-order valence-corrected chi connectivity index (χ4v) is 2.27. The van der Waals surface area contributed by atoms with E-state index in [1.54, 1.807) is 30.3 Å². The first-order valence-corrected chi connectivity index (χ1v) is 7.16. The number of hydrogen-bond donors (Lipinski definition) is 2. The summed E-state index contributed by atoms with van der Waals surface area (Å²) in [7, 11) is 0. The lowest BCUT2D eigenvalue weighted by atomic mass is 10.1. The van der Waals surface area contributed by atoms with Crippen LogP contribution in [0.3, 0.4) is 0 Å². The summed E-state index contributed by atoms with van der Waals surface area (Å²) in [6.07, 6.45) is 0. The maximum atomic E-state index is 12.1. The second-order valence-electron chi connectivity index (χ2n) is 3.93. The van der Waals surface area contributed by atoms with E-state index in [2.05, 4.69) is 37.2 Å². The van der Waals surface area contributed by atoms with Crippen LogP contribution in [0.15, 0.2) is 51.4 Å². The third kappa shape index (κ3) is 3.26. The minimum atomic E-state index is -1.13. The highest BCUT2D eigenvalue weighted by atomic mass is 79.9. The van der Waals surface area contributed by atoms with E-state index in [0.29, 0.717) is 5.69 Å². The van der Waals surface area contributed by atoms with Gasteiger partial charge in [0, 0.05) is 14.6 Å². The fraction of sp³-hybridized carbons (Fsp3) is 0. The summed E-state index contributed by atoms with van der Waals surface area (Å²) in [5, 5.41) is 11.7. The Kier molecular flexibility index (Phi) is 4.57. The number of nitrogens with one attached hydrogen (secondary N) is 1. The van der Waals surface area contributed by atoms with Crippen molar-refractivity contribution < 1.29 is 14.7 Å². The zero-order chi connectivity index (χ0) is 14.7. The van der Waals surface area contributed by atoms with Crippen molar-refractivity contribution in [2.45, 2.75) is 0 Å². The number of carboxylic acid groups (broad SMARTS) is 1. The van der Waals surface area contributed by atoms with Crippen LogP contribution in [0.25, 0.3) is 0 Å². The monoisotopic (exact) mass is 397 g/mol. The van der Waals surface area contributed by atoms with E-state index in [9.17, 15) is 9.59 Å². The molecule has 0 atom stereocenters. The van der Waals surface area contributed by atoms with Crippen LogP contribution in [0.4, 0.5) is 5.69 Å². The molecule has 0 saturated carbocycles. The average molecular weight is 399 g/mol. The highest BCUT2D eigenvalue weighted by molar-refractivity contribution is 9.13. The molecule has 0 radical (unpaired) electrons. The third-order valence-electron chi connectivity index (χ3n) is 2.58. The van der Waals surface area contributed by atoms with Gasteiger partial charge in [-0.3, -0.25) is 4.79 Å². The maximum Gasteiger partial charge on any atom is 0.336 e. The van der Waals surface area contributed by atoms with E-state index >= 15 is 0 Å². The molecule has 102 valence electrons. The van der Waals surface area contributed by atoms with Gasteiger partial charge in [0.05, 0.1) is 11.1 Å². The van der Waals surface area contributed by atoms with Gasteiger partial charge in [-0.2, -0.15) is 0 Å². The average Bonchev–Trinajstić information content (AvgIpc) is 2.43. The number of carbonyl (C=O) groups is 2. The molecular weight excluding hydrogens is 390 g/mol. The van der Waals surface area contributed by atoms with Crippen LogP contribution in [0.1, 0.15) is 20.7 Å². The molecule has 2 rings (SSSR count).